The molecule has 0 aromatic rings. The van der Waals surface area contributed by atoms with Gasteiger partial charge < -0.3 is 9.84 Å². The molecule has 0 rings (SSSR count). The van der Waals surface area contributed by atoms with Gasteiger partial charge in [0.25, 0.3) is 0 Å². The van der Waals surface area contributed by atoms with Gasteiger partial charge in [-0.05, 0) is 18.8 Å². The molecule has 0 spiro atoms. The maximum Gasteiger partial charge on any atom is 0.330 e. The molecule has 0 aliphatic heterocycles. The number of carbonyl (C=O) groups excluding carboxylic acids is 1. The predicted octanol–water partition coefficient (Wildman–Crippen LogP) is 10.8. The van der Waals surface area contributed by atoms with Gasteiger partial charge in [-0.1, -0.05) is 162 Å². The molecular weight excluding hydrogens is 460 g/mol. The average molecular weight is 525 g/mol. The topological polar surface area (TPSA) is 63.6 Å². The zero-order valence-electron chi connectivity index (χ0n) is 25.2. The number of hydrogen-bond acceptors (Lipinski definition) is 3. The molecule has 220 valence electrons. The number of carboxylic acids is 1. The molecule has 0 saturated heterocycles. The number of hydrogen-bond donors (Lipinski definition) is 1. The quantitative estimate of drug-likeness (QED) is 0.0659. The van der Waals surface area contributed by atoms with Crippen molar-refractivity contribution in [2.24, 2.45) is 5.92 Å². The second kappa shape index (κ2) is 32.7. The van der Waals surface area contributed by atoms with Gasteiger partial charge in [0, 0.05) is 12.5 Å². The summed E-state index contributed by atoms with van der Waals surface area (Å²) in [7, 11) is 0. The number of carbonyl (C=O) groups is 2. The normalized spacial score (nSPS) is 11.4. The van der Waals surface area contributed by atoms with Gasteiger partial charge in [-0.25, -0.2) is 4.79 Å². The van der Waals surface area contributed by atoms with Crippen molar-refractivity contribution in [2.75, 3.05) is 6.61 Å². The first-order valence-corrected chi connectivity index (χ1v) is 16.0. The zero-order valence-corrected chi connectivity index (χ0v) is 25.2. The highest BCUT2D eigenvalue weighted by Crippen LogP contribution is 2.15. The maximum atomic E-state index is 10.8. The summed E-state index contributed by atoms with van der Waals surface area (Å²) in [6, 6.07) is 0. The van der Waals surface area contributed by atoms with Crippen LogP contribution in [-0.2, 0) is 14.3 Å². The number of carboxylic acid groups (broad SMARTS) is 1. The van der Waals surface area contributed by atoms with E-state index >= 15 is 0 Å². The summed E-state index contributed by atoms with van der Waals surface area (Å²) >= 11 is 0. The summed E-state index contributed by atoms with van der Waals surface area (Å²) in [5, 5.41) is 8.56. The first kappa shape index (κ1) is 37.8. The minimum absolute atomic E-state index is 0.310. The van der Waals surface area contributed by atoms with Crippen molar-refractivity contribution in [3.05, 3.63) is 12.7 Å². The third-order valence-electron chi connectivity index (χ3n) is 7.17. The summed E-state index contributed by atoms with van der Waals surface area (Å²) in [5.41, 5.74) is 0. The van der Waals surface area contributed by atoms with Crippen LogP contribution in [0.25, 0.3) is 0 Å². The Hall–Kier alpha value is -1.32. The van der Waals surface area contributed by atoms with E-state index < -0.39 is 5.97 Å². The Kier molecular flexibility index (Phi) is 33.4. The van der Waals surface area contributed by atoms with E-state index in [1.165, 1.54) is 128 Å². The van der Waals surface area contributed by atoms with E-state index in [-0.39, 0.29) is 5.97 Å². The summed E-state index contributed by atoms with van der Waals surface area (Å²) in [6.45, 7) is 10.5. The van der Waals surface area contributed by atoms with Crippen LogP contribution >= 0.6 is 0 Å². The lowest BCUT2D eigenvalue weighted by molar-refractivity contribution is -0.139. The highest BCUT2D eigenvalue weighted by molar-refractivity contribution is 5.81. The standard InChI is InChI=1S/C22H44O2.C11H20O2/c1-2-3-4-5-6-7-8-9-10-11-12-13-14-15-16-17-18-19-20-21-22(23)24;1-4-7-8-10(5-2)9-13-11(12)6-3/h2-21H2,1H3,(H,23,24);6,10H,3-5,7-9H2,1-2H3. The highest BCUT2D eigenvalue weighted by Gasteiger charge is 2.07. The largest absolute Gasteiger partial charge is 0.481 e. The molecule has 37 heavy (non-hydrogen) atoms. The molecule has 0 aliphatic rings. The first-order valence-electron chi connectivity index (χ1n) is 16.0. The highest BCUT2D eigenvalue weighted by atomic mass is 16.5. The van der Waals surface area contributed by atoms with Crippen molar-refractivity contribution in [3.63, 3.8) is 0 Å². The molecule has 0 radical (unpaired) electrons. The summed E-state index contributed by atoms with van der Waals surface area (Å²) in [5.74, 6) is -0.444. The van der Waals surface area contributed by atoms with Crippen LogP contribution < -0.4 is 0 Å². The first-order chi connectivity index (χ1) is 18.0. The molecule has 4 heteroatoms. The third-order valence-corrected chi connectivity index (χ3v) is 7.17. The SMILES string of the molecule is C=CC(=O)OCC(CC)CCCC.CCCCCCCCCCCCCCCCCCCCCC(=O)O. The van der Waals surface area contributed by atoms with E-state index in [1.807, 2.05) is 0 Å². The number of unbranched alkanes of at least 4 members (excludes halogenated alkanes) is 19. The van der Waals surface area contributed by atoms with Crippen LogP contribution in [0.4, 0.5) is 0 Å². The fraction of sp³-hybridized carbons (Fsp3) is 0.879. The zero-order chi connectivity index (χ0) is 27.8. The average Bonchev–Trinajstić information content (AvgIpc) is 2.90. The van der Waals surface area contributed by atoms with Gasteiger partial charge in [-0.2, -0.15) is 0 Å². The van der Waals surface area contributed by atoms with Gasteiger partial charge in [0.05, 0.1) is 6.61 Å². The van der Waals surface area contributed by atoms with E-state index in [4.69, 9.17) is 9.84 Å². The molecular formula is C33H64O4. The third kappa shape index (κ3) is 34.7. The number of esters is 1. The fourth-order valence-electron chi connectivity index (χ4n) is 4.51. The van der Waals surface area contributed by atoms with Gasteiger partial charge in [0.15, 0.2) is 0 Å². The maximum absolute atomic E-state index is 10.8. The Morgan fingerprint density at radius 2 is 1.03 bits per heavy atom. The second-order valence-corrected chi connectivity index (χ2v) is 10.8. The van der Waals surface area contributed by atoms with E-state index in [9.17, 15) is 9.59 Å². The van der Waals surface area contributed by atoms with Crippen molar-refractivity contribution in [1.29, 1.82) is 0 Å². The number of rotatable bonds is 27. The Labute approximate surface area is 231 Å². The monoisotopic (exact) mass is 524 g/mol. The van der Waals surface area contributed by atoms with Crippen LogP contribution in [0.2, 0.25) is 0 Å². The molecule has 0 aromatic heterocycles. The van der Waals surface area contributed by atoms with Crippen molar-refractivity contribution in [2.45, 2.75) is 175 Å². The number of ether oxygens (including phenoxy) is 1. The molecule has 0 fully saturated rings. The van der Waals surface area contributed by atoms with Gasteiger partial charge in [-0.15, -0.1) is 0 Å². The van der Waals surface area contributed by atoms with Crippen LogP contribution in [0.1, 0.15) is 175 Å². The van der Waals surface area contributed by atoms with Crippen LogP contribution in [0.3, 0.4) is 0 Å². The molecule has 0 heterocycles. The Balaban J connectivity index is 0. The van der Waals surface area contributed by atoms with Gasteiger partial charge in [0.2, 0.25) is 0 Å². The molecule has 0 saturated carbocycles. The van der Waals surface area contributed by atoms with Crippen LogP contribution in [0, 0.1) is 5.92 Å². The minimum atomic E-state index is -0.651. The Bertz CT molecular complexity index is 489. The molecule has 1 atom stereocenters. The smallest absolute Gasteiger partial charge is 0.330 e. The van der Waals surface area contributed by atoms with E-state index in [1.54, 1.807) is 0 Å². The summed E-state index contributed by atoms with van der Waals surface area (Å²) in [6.07, 6.45) is 31.9. The second-order valence-electron chi connectivity index (χ2n) is 10.8. The number of aliphatic carboxylic acids is 1. The van der Waals surface area contributed by atoms with Crippen LogP contribution in [0.5, 0.6) is 0 Å². The molecule has 1 unspecified atom stereocenters. The van der Waals surface area contributed by atoms with E-state index in [0.29, 0.717) is 18.9 Å². The minimum Gasteiger partial charge on any atom is -0.481 e. The molecule has 0 bridgehead atoms. The molecule has 4 nitrogen and oxygen atoms in total. The van der Waals surface area contributed by atoms with E-state index in [2.05, 4.69) is 27.4 Å². The van der Waals surface area contributed by atoms with Crippen molar-refractivity contribution in [1.82, 2.24) is 0 Å². The molecule has 0 amide bonds. The molecule has 0 aliphatic carbocycles. The molecule has 0 aromatic carbocycles. The van der Waals surface area contributed by atoms with Crippen molar-refractivity contribution >= 4 is 11.9 Å². The van der Waals surface area contributed by atoms with Crippen molar-refractivity contribution in [3.8, 4) is 0 Å². The lowest BCUT2D eigenvalue weighted by Crippen LogP contribution is -2.12. The van der Waals surface area contributed by atoms with E-state index in [0.717, 1.165) is 25.7 Å². The van der Waals surface area contributed by atoms with Crippen LogP contribution in [0.15, 0.2) is 12.7 Å². The summed E-state index contributed by atoms with van der Waals surface area (Å²) < 4.78 is 4.98. The van der Waals surface area contributed by atoms with Crippen LogP contribution in [-0.4, -0.2) is 23.7 Å². The van der Waals surface area contributed by atoms with Gasteiger partial charge >= 0.3 is 11.9 Å². The predicted molar refractivity (Wildman–Crippen MR) is 160 cm³/mol. The van der Waals surface area contributed by atoms with Crippen molar-refractivity contribution < 1.29 is 19.4 Å². The fourth-order valence-corrected chi connectivity index (χ4v) is 4.51. The van der Waals surface area contributed by atoms with Gasteiger partial charge in [0.1, 0.15) is 0 Å². The van der Waals surface area contributed by atoms with Gasteiger partial charge in [-0.3, -0.25) is 4.79 Å². The molecule has 1 N–H and O–H groups in total. The summed E-state index contributed by atoms with van der Waals surface area (Å²) in [4.78, 5) is 21.1. The Morgan fingerprint density at radius 1 is 0.649 bits per heavy atom. The lowest BCUT2D eigenvalue weighted by atomic mass is 10.0. The Morgan fingerprint density at radius 3 is 1.35 bits per heavy atom. The lowest BCUT2D eigenvalue weighted by Gasteiger charge is -2.13.